The highest BCUT2D eigenvalue weighted by atomic mass is 32.1. The number of rotatable bonds is 2. The maximum absolute atomic E-state index is 13.6. The van der Waals surface area contributed by atoms with Crippen LogP contribution < -0.4 is 0 Å². The van der Waals surface area contributed by atoms with Gasteiger partial charge in [0.1, 0.15) is 0 Å². The molecule has 0 heterocycles. The van der Waals surface area contributed by atoms with E-state index in [0.717, 1.165) is 22.3 Å². The number of carbonyl (C=O) groups excluding carboxylic acids is 2. The molecule has 0 fully saturated rings. The molecule has 138 valence electrons. The quantitative estimate of drug-likeness (QED) is 0.369. The van der Waals surface area contributed by atoms with Crippen LogP contribution in [0.15, 0.2) is 95.9 Å². The van der Waals surface area contributed by atoms with E-state index >= 15 is 0 Å². The van der Waals surface area contributed by atoms with Crippen molar-refractivity contribution in [3.63, 3.8) is 0 Å². The minimum absolute atomic E-state index is 0.125. The summed E-state index contributed by atoms with van der Waals surface area (Å²) in [4.78, 5) is 27.5. The molecule has 1 aliphatic rings. The Bertz CT molecular complexity index is 1280. The van der Waals surface area contributed by atoms with Crippen molar-refractivity contribution < 1.29 is 9.59 Å². The molecule has 0 spiro atoms. The Morgan fingerprint density at radius 3 is 1.55 bits per heavy atom. The van der Waals surface area contributed by atoms with Crippen LogP contribution in [0, 0.1) is 0 Å². The van der Waals surface area contributed by atoms with E-state index in [1.54, 1.807) is 30.3 Å². The predicted molar refractivity (Wildman–Crippen MR) is 118 cm³/mol. The molecule has 0 aliphatic heterocycles. The Labute approximate surface area is 174 Å². The summed E-state index contributed by atoms with van der Waals surface area (Å²) in [5, 5.41) is 0. The lowest BCUT2D eigenvalue weighted by molar-refractivity contribution is 0.0979. The Kier molecular flexibility index (Phi) is 4.18. The molecule has 0 atom stereocenters. The topological polar surface area (TPSA) is 34.1 Å². The van der Waals surface area contributed by atoms with Crippen LogP contribution in [0.25, 0.3) is 22.3 Å². The third kappa shape index (κ3) is 2.74. The highest BCUT2D eigenvalue weighted by Crippen LogP contribution is 2.44. The van der Waals surface area contributed by atoms with E-state index in [4.69, 9.17) is 12.6 Å². The molecule has 4 aromatic rings. The Morgan fingerprint density at radius 2 is 0.966 bits per heavy atom. The maximum atomic E-state index is 13.6. The van der Waals surface area contributed by atoms with Gasteiger partial charge in [-0.3, -0.25) is 9.59 Å². The van der Waals surface area contributed by atoms with Crippen molar-refractivity contribution in [2.24, 2.45) is 0 Å². The highest BCUT2D eigenvalue weighted by Gasteiger charge is 2.34. The maximum Gasteiger partial charge on any atom is 0.195 e. The summed E-state index contributed by atoms with van der Waals surface area (Å²) in [6.07, 6.45) is 0. The van der Waals surface area contributed by atoms with E-state index in [2.05, 4.69) is 0 Å². The van der Waals surface area contributed by atoms with Crippen LogP contribution in [0.5, 0.6) is 0 Å². The summed E-state index contributed by atoms with van der Waals surface area (Å²) in [7, 11) is 0. The van der Waals surface area contributed by atoms with Crippen LogP contribution >= 0.6 is 12.6 Å². The predicted octanol–water partition coefficient (Wildman–Crippen LogP) is 6.08. The average Bonchev–Trinajstić information content (AvgIpc) is 2.78. The zero-order valence-electron chi connectivity index (χ0n) is 15.4. The smallest absolute Gasteiger partial charge is 0.195 e. The SMILES string of the molecule is O=C1c2ccccc2C(=O)c2c1cc(S)c(-c1ccccc1)c2-c1ccccc1. The van der Waals surface area contributed by atoms with Gasteiger partial charge in [0.05, 0.1) is 0 Å². The van der Waals surface area contributed by atoms with Gasteiger partial charge in [-0.1, -0.05) is 84.9 Å². The molecule has 0 bridgehead atoms. The summed E-state index contributed by atoms with van der Waals surface area (Å²) < 4.78 is 0. The molecule has 3 heteroatoms. The second kappa shape index (κ2) is 6.87. The first-order valence-corrected chi connectivity index (χ1v) is 9.81. The van der Waals surface area contributed by atoms with Gasteiger partial charge in [-0.05, 0) is 17.2 Å². The van der Waals surface area contributed by atoms with Gasteiger partial charge < -0.3 is 0 Å². The van der Waals surface area contributed by atoms with E-state index in [-0.39, 0.29) is 11.6 Å². The number of fused-ring (bicyclic) bond motifs is 2. The van der Waals surface area contributed by atoms with E-state index in [1.807, 2.05) is 60.7 Å². The van der Waals surface area contributed by atoms with E-state index in [1.165, 1.54) is 0 Å². The van der Waals surface area contributed by atoms with Gasteiger partial charge >= 0.3 is 0 Å². The number of ketones is 2. The molecule has 0 unspecified atom stereocenters. The number of benzene rings is 4. The van der Waals surface area contributed by atoms with Crippen molar-refractivity contribution in [1.82, 2.24) is 0 Å². The molecule has 1 aliphatic carbocycles. The standard InChI is InChI=1S/C26H16O2S/c27-25-18-13-7-8-14-19(18)26(28)24-20(25)15-21(29)22(16-9-3-1-4-10-16)23(24)17-11-5-2-6-12-17/h1-15,29H. The van der Waals surface area contributed by atoms with Gasteiger partial charge in [0.25, 0.3) is 0 Å². The van der Waals surface area contributed by atoms with Crippen molar-refractivity contribution in [2.75, 3.05) is 0 Å². The summed E-state index contributed by atoms with van der Waals surface area (Å²) >= 11 is 4.74. The van der Waals surface area contributed by atoms with Crippen LogP contribution in [0.4, 0.5) is 0 Å². The minimum atomic E-state index is -0.137. The van der Waals surface area contributed by atoms with Crippen LogP contribution in [-0.2, 0) is 0 Å². The summed E-state index contributed by atoms with van der Waals surface area (Å²) in [6.45, 7) is 0. The van der Waals surface area contributed by atoms with Gasteiger partial charge in [-0.2, -0.15) is 0 Å². The van der Waals surface area contributed by atoms with E-state index in [9.17, 15) is 9.59 Å². The fraction of sp³-hybridized carbons (Fsp3) is 0. The summed E-state index contributed by atoms with van der Waals surface area (Å²) in [6, 6.07) is 28.4. The van der Waals surface area contributed by atoms with Crippen molar-refractivity contribution >= 4 is 24.2 Å². The van der Waals surface area contributed by atoms with Crippen LogP contribution in [0.3, 0.4) is 0 Å². The second-order valence-corrected chi connectivity index (χ2v) is 7.49. The van der Waals surface area contributed by atoms with Gasteiger partial charge in [0.15, 0.2) is 11.6 Å². The van der Waals surface area contributed by atoms with Crippen molar-refractivity contribution in [2.45, 2.75) is 4.90 Å². The first-order chi connectivity index (χ1) is 14.2. The van der Waals surface area contributed by atoms with Crippen molar-refractivity contribution in [3.05, 3.63) is 113 Å². The lowest BCUT2D eigenvalue weighted by atomic mass is 9.78. The normalized spacial score (nSPS) is 12.4. The monoisotopic (exact) mass is 392 g/mol. The number of hydrogen-bond donors (Lipinski definition) is 1. The molecule has 4 aromatic carbocycles. The Hall–Kier alpha value is -3.43. The molecule has 29 heavy (non-hydrogen) atoms. The Balaban J connectivity index is 1.92. The molecular weight excluding hydrogens is 376 g/mol. The van der Waals surface area contributed by atoms with Crippen LogP contribution in [-0.4, -0.2) is 11.6 Å². The Morgan fingerprint density at radius 1 is 0.483 bits per heavy atom. The van der Waals surface area contributed by atoms with Gasteiger partial charge in [-0.15, -0.1) is 12.6 Å². The lowest BCUT2D eigenvalue weighted by Gasteiger charge is -2.24. The molecule has 0 N–H and O–H groups in total. The molecule has 0 saturated heterocycles. The van der Waals surface area contributed by atoms with Gasteiger partial charge in [0.2, 0.25) is 0 Å². The zero-order chi connectivity index (χ0) is 20.0. The molecule has 5 rings (SSSR count). The van der Waals surface area contributed by atoms with Crippen molar-refractivity contribution in [3.8, 4) is 22.3 Å². The molecule has 0 radical (unpaired) electrons. The number of carbonyl (C=O) groups is 2. The summed E-state index contributed by atoms with van der Waals surface area (Å²) in [5.41, 5.74) is 5.23. The highest BCUT2D eigenvalue weighted by molar-refractivity contribution is 7.80. The average molecular weight is 392 g/mol. The third-order valence-electron chi connectivity index (χ3n) is 5.32. The van der Waals surface area contributed by atoms with Gasteiger partial charge in [0, 0.05) is 38.3 Å². The largest absolute Gasteiger partial charge is 0.289 e. The van der Waals surface area contributed by atoms with Crippen LogP contribution in [0.2, 0.25) is 0 Å². The molecule has 2 nitrogen and oxygen atoms in total. The molecule has 0 saturated carbocycles. The van der Waals surface area contributed by atoms with E-state index < -0.39 is 0 Å². The lowest BCUT2D eigenvalue weighted by Crippen LogP contribution is -2.22. The number of thiol groups is 1. The van der Waals surface area contributed by atoms with Crippen molar-refractivity contribution in [1.29, 1.82) is 0 Å². The zero-order valence-corrected chi connectivity index (χ0v) is 16.3. The fourth-order valence-corrected chi connectivity index (χ4v) is 4.40. The first kappa shape index (κ1) is 17.7. The van der Waals surface area contributed by atoms with E-state index in [0.29, 0.717) is 27.1 Å². The molecule has 0 amide bonds. The van der Waals surface area contributed by atoms with Crippen LogP contribution in [0.1, 0.15) is 31.8 Å². The summed E-state index contributed by atoms with van der Waals surface area (Å²) in [5.74, 6) is -0.262. The molecular formula is C26H16O2S. The first-order valence-electron chi connectivity index (χ1n) is 9.36. The second-order valence-electron chi connectivity index (χ2n) is 7.00. The number of hydrogen-bond acceptors (Lipinski definition) is 3. The van der Waals surface area contributed by atoms with Gasteiger partial charge in [-0.25, -0.2) is 0 Å². The third-order valence-corrected chi connectivity index (χ3v) is 5.67. The fourth-order valence-electron chi connectivity index (χ4n) is 4.03. The molecule has 0 aromatic heterocycles. The minimum Gasteiger partial charge on any atom is -0.289 e.